The third-order valence-corrected chi connectivity index (χ3v) is 7.34. The number of aromatic nitrogens is 2. The van der Waals surface area contributed by atoms with Gasteiger partial charge >= 0.3 is 0 Å². The molecular formula is C19H24N6O6S. The molecule has 1 aromatic carbocycles. The normalized spacial score (nSPS) is 18.0. The van der Waals surface area contributed by atoms with Crippen LogP contribution in [0.2, 0.25) is 0 Å². The lowest BCUT2D eigenvalue weighted by Crippen LogP contribution is -2.49. The molecule has 0 aliphatic carbocycles. The van der Waals surface area contributed by atoms with Gasteiger partial charge in [-0.25, -0.2) is 13.4 Å². The summed E-state index contributed by atoms with van der Waals surface area (Å²) in [5, 5.41) is 10.7. The highest BCUT2D eigenvalue weighted by Crippen LogP contribution is 2.21. The van der Waals surface area contributed by atoms with Crippen LogP contribution in [0, 0.1) is 10.1 Å². The number of hydrogen-bond donors (Lipinski definition) is 0. The van der Waals surface area contributed by atoms with Crippen molar-refractivity contribution in [1.82, 2.24) is 18.8 Å². The number of morpholine rings is 1. The summed E-state index contributed by atoms with van der Waals surface area (Å²) >= 11 is 0. The standard InChI is InChI=1S/C19H24N6O6S/c26-19(14-21-13-18(20-15-21)32(29,30)24-9-11-31-12-10-24)23-7-5-22(6-8-23)16-1-3-17(4-2-16)25(27)28/h1-4,13,15H,5-12,14H2. The van der Waals surface area contributed by atoms with Crippen LogP contribution in [0.15, 0.2) is 41.8 Å². The van der Waals surface area contributed by atoms with Crippen LogP contribution in [-0.4, -0.2) is 90.5 Å². The minimum absolute atomic E-state index is 0.00314. The van der Waals surface area contributed by atoms with Crippen LogP contribution >= 0.6 is 0 Å². The maximum Gasteiger partial charge on any atom is 0.269 e. The molecule has 1 aromatic heterocycles. The Labute approximate surface area is 185 Å². The predicted molar refractivity (Wildman–Crippen MR) is 114 cm³/mol. The van der Waals surface area contributed by atoms with E-state index in [1.165, 1.54) is 33.5 Å². The van der Waals surface area contributed by atoms with E-state index in [0.29, 0.717) is 39.4 Å². The Morgan fingerprint density at radius 1 is 1.06 bits per heavy atom. The molecule has 2 aromatic rings. The van der Waals surface area contributed by atoms with Gasteiger partial charge in [-0.1, -0.05) is 0 Å². The number of piperazine rings is 1. The third-order valence-electron chi connectivity index (χ3n) is 5.56. The predicted octanol–water partition coefficient (Wildman–Crippen LogP) is 0.161. The zero-order chi connectivity index (χ0) is 22.7. The number of carbonyl (C=O) groups is 1. The number of anilines is 1. The molecule has 0 radical (unpaired) electrons. The van der Waals surface area contributed by atoms with Crippen molar-refractivity contribution < 1.29 is 22.9 Å². The summed E-state index contributed by atoms with van der Waals surface area (Å²) in [6.07, 6.45) is 2.74. The van der Waals surface area contributed by atoms with Crippen molar-refractivity contribution >= 4 is 27.3 Å². The van der Waals surface area contributed by atoms with Crippen molar-refractivity contribution in [2.45, 2.75) is 11.6 Å². The molecule has 172 valence electrons. The zero-order valence-electron chi connectivity index (χ0n) is 17.4. The number of nitrogens with zero attached hydrogens (tertiary/aromatic N) is 6. The molecule has 0 atom stereocenters. The maximum absolute atomic E-state index is 12.7. The van der Waals surface area contributed by atoms with Gasteiger partial charge in [0.2, 0.25) is 5.91 Å². The highest BCUT2D eigenvalue weighted by atomic mass is 32.2. The van der Waals surface area contributed by atoms with E-state index in [0.717, 1.165) is 5.69 Å². The topological polar surface area (TPSA) is 131 Å². The van der Waals surface area contributed by atoms with E-state index in [1.54, 1.807) is 17.0 Å². The fourth-order valence-electron chi connectivity index (χ4n) is 3.73. The quantitative estimate of drug-likeness (QED) is 0.436. The minimum atomic E-state index is -3.70. The number of benzene rings is 1. The summed E-state index contributed by atoms with van der Waals surface area (Å²) in [5.74, 6) is -0.124. The van der Waals surface area contributed by atoms with Crippen molar-refractivity contribution in [3.8, 4) is 0 Å². The van der Waals surface area contributed by atoms with Gasteiger partial charge in [0.05, 0.1) is 24.5 Å². The molecule has 2 aliphatic rings. The molecule has 3 heterocycles. The fraction of sp³-hybridized carbons (Fsp3) is 0.474. The molecule has 4 rings (SSSR count). The summed E-state index contributed by atoms with van der Waals surface area (Å²) in [6.45, 7) is 3.49. The fourth-order valence-corrected chi connectivity index (χ4v) is 5.08. The molecule has 2 saturated heterocycles. The van der Waals surface area contributed by atoms with Crippen LogP contribution in [0.3, 0.4) is 0 Å². The van der Waals surface area contributed by atoms with E-state index in [4.69, 9.17) is 4.74 Å². The largest absolute Gasteiger partial charge is 0.379 e. The second-order valence-electron chi connectivity index (χ2n) is 7.54. The van der Waals surface area contributed by atoms with E-state index in [2.05, 4.69) is 9.88 Å². The van der Waals surface area contributed by atoms with Crippen LogP contribution in [0.25, 0.3) is 0 Å². The van der Waals surface area contributed by atoms with Gasteiger partial charge in [-0.05, 0) is 12.1 Å². The highest BCUT2D eigenvalue weighted by Gasteiger charge is 2.29. The molecule has 13 heteroatoms. The van der Waals surface area contributed by atoms with Crippen molar-refractivity contribution in [3.05, 3.63) is 46.9 Å². The van der Waals surface area contributed by atoms with Crippen molar-refractivity contribution in [2.24, 2.45) is 0 Å². The van der Waals surface area contributed by atoms with Gasteiger partial charge in [0.25, 0.3) is 15.7 Å². The molecule has 0 unspecified atom stereocenters. The Morgan fingerprint density at radius 2 is 1.72 bits per heavy atom. The Bertz CT molecular complexity index is 1070. The molecule has 2 fully saturated rings. The zero-order valence-corrected chi connectivity index (χ0v) is 18.2. The number of imidazole rings is 1. The lowest BCUT2D eigenvalue weighted by molar-refractivity contribution is -0.384. The van der Waals surface area contributed by atoms with Crippen LogP contribution in [-0.2, 0) is 26.1 Å². The van der Waals surface area contributed by atoms with Gasteiger partial charge in [0.1, 0.15) is 6.54 Å². The number of rotatable bonds is 6. The molecule has 2 aliphatic heterocycles. The van der Waals surface area contributed by atoms with Crippen LogP contribution in [0.5, 0.6) is 0 Å². The van der Waals surface area contributed by atoms with Crippen molar-refractivity contribution in [1.29, 1.82) is 0 Å². The van der Waals surface area contributed by atoms with Gasteiger partial charge in [-0.3, -0.25) is 14.9 Å². The molecule has 0 saturated carbocycles. The maximum atomic E-state index is 12.7. The summed E-state index contributed by atoms with van der Waals surface area (Å²) in [5.41, 5.74) is 0.910. The first-order valence-corrected chi connectivity index (χ1v) is 11.7. The van der Waals surface area contributed by atoms with Crippen LogP contribution < -0.4 is 4.90 Å². The number of non-ortho nitro benzene ring substituents is 1. The summed E-state index contributed by atoms with van der Waals surface area (Å²) < 4.78 is 33.4. The molecule has 0 bridgehead atoms. The number of carbonyl (C=O) groups excluding carboxylic acids is 1. The number of hydrogen-bond acceptors (Lipinski definition) is 8. The van der Waals surface area contributed by atoms with E-state index >= 15 is 0 Å². The van der Waals surface area contributed by atoms with Crippen LogP contribution in [0.1, 0.15) is 0 Å². The monoisotopic (exact) mass is 464 g/mol. The molecule has 1 amide bonds. The van der Waals surface area contributed by atoms with E-state index < -0.39 is 14.9 Å². The summed E-state index contributed by atoms with van der Waals surface area (Å²) in [6, 6.07) is 6.35. The average Bonchev–Trinajstić information content (AvgIpc) is 3.29. The summed E-state index contributed by atoms with van der Waals surface area (Å²) in [7, 11) is -3.70. The van der Waals surface area contributed by atoms with E-state index in [1.807, 2.05) is 0 Å². The first kappa shape index (κ1) is 22.2. The van der Waals surface area contributed by atoms with Gasteiger partial charge in [0, 0.05) is 63.3 Å². The molecule has 32 heavy (non-hydrogen) atoms. The Hall–Kier alpha value is -3.03. The summed E-state index contributed by atoms with van der Waals surface area (Å²) in [4.78, 5) is 30.8. The minimum Gasteiger partial charge on any atom is -0.379 e. The van der Waals surface area contributed by atoms with Gasteiger partial charge in [0.15, 0.2) is 5.03 Å². The average molecular weight is 465 g/mol. The number of ether oxygens (including phenoxy) is 1. The van der Waals surface area contributed by atoms with Crippen LogP contribution in [0.4, 0.5) is 11.4 Å². The van der Waals surface area contributed by atoms with Gasteiger partial charge in [-0.2, -0.15) is 4.31 Å². The second kappa shape index (κ2) is 9.22. The molecule has 0 spiro atoms. The van der Waals surface area contributed by atoms with E-state index in [-0.39, 0.29) is 36.3 Å². The van der Waals surface area contributed by atoms with Crippen molar-refractivity contribution in [3.63, 3.8) is 0 Å². The Morgan fingerprint density at radius 3 is 2.34 bits per heavy atom. The molecule has 0 N–H and O–H groups in total. The number of nitro benzene ring substituents is 1. The first-order chi connectivity index (χ1) is 15.3. The van der Waals surface area contributed by atoms with Gasteiger partial charge < -0.3 is 19.1 Å². The highest BCUT2D eigenvalue weighted by molar-refractivity contribution is 7.89. The smallest absolute Gasteiger partial charge is 0.269 e. The Balaban J connectivity index is 1.32. The molecular weight excluding hydrogens is 440 g/mol. The van der Waals surface area contributed by atoms with E-state index in [9.17, 15) is 23.3 Å². The second-order valence-corrected chi connectivity index (χ2v) is 9.43. The molecule has 12 nitrogen and oxygen atoms in total. The number of sulfonamides is 1. The first-order valence-electron chi connectivity index (χ1n) is 10.2. The lowest BCUT2D eigenvalue weighted by atomic mass is 10.2. The van der Waals surface area contributed by atoms with Gasteiger partial charge in [-0.15, -0.1) is 0 Å². The third kappa shape index (κ3) is 4.74. The number of nitro groups is 1. The SMILES string of the molecule is O=C(Cn1cnc(S(=O)(=O)N2CCOCC2)c1)N1CCN(c2ccc([N+](=O)[O-])cc2)CC1. The number of amides is 1. The van der Waals surface area contributed by atoms with Crippen molar-refractivity contribution in [2.75, 3.05) is 57.4 Å². The lowest BCUT2D eigenvalue weighted by Gasteiger charge is -2.36. The Kier molecular flexibility index (Phi) is 6.39.